The summed E-state index contributed by atoms with van der Waals surface area (Å²) in [6.45, 7) is 0. The smallest absolute Gasteiger partial charge is 0.168 e. The van der Waals surface area contributed by atoms with E-state index < -0.39 is 14.5 Å². The molecule has 3 aliphatic rings. The molecular weight excluding hydrogens is 256 g/mol. The van der Waals surface area contributed by atoms with Crippen LogP contribution in [-0.2, 0) is 9.84 Å². The molecule has 0 aromatic carbocycles. The van der Waals surface area contributed by atoms with Crippen molar-refractivity contribution >= 4 is 21.4 Å². The Bertz CT molecular complexity index is 494. The Balaban J connectivity index is 2.21. The van der Waals surface area contributed by atoms with Crippen molar-refractivity contribution in [3.8, 4) is 0 Å². The maximum absolute atomic E-state index is 12.2. The monoisotopic (exact) mass is 272 g/mol. The van der Waals surface area contributed by atoms with Crippen molar-refractivity contribution in [2.24, 2.45) is 10.8 Å². The number of rotatable bonds is 0. The summed E-state index contributed by atoms with van der Waals surface area (Å²) >= 11 is 6.34. The second-order valence-corrected chi connectivity index (χ2v) is 8.38. The minimum Gasteiger partial charge on any atom is -0.227 e. The van der Waals surface area contributed by atoms with E-state index in [1.165, 1.54) is 6.42 Å². The largest absolute Gasteiger partial charge is 0.227 e. The molecule has 17 heavy (non-hydrogen) atoms. The molecule has 94 valence electrons. The van der Waals surface area contributed by atoms with Crippen LogP contribution in [0, 0.1) is 10.8 Å². The topological polar surface area (TPSA) is 34.1 Å². The van der Waals surface area contributed by atoms with Crippen LogP contribution in [0.3, 0.4) is 0 Å². The minimum absolute atomic E-state index is 0.231. The Hall–Kier alpha value is -0.280. The van der Waals surface area contributed by atoms with Gasteiger partial charge in [0, 0.05) is 10.8 Å². The molecule has 2 nitrogen and oxygen atoms in total. The molecule has 0 aromatic heterocycles. The number of halogens is 1. The zero-order valence-corrected chi connectivity index (χ0v) is 11.3. The van der Waals surface area contributed by atoms with E-state index in [9.17, 15) is 8.42 Å². The molecular formula is C13H17ClO2S. The zero-order chi connectivity index (χ0) is 12.1. The SMILES string of the molecule is O=S1(=O)CC23C=CC=CC2(CCCCC3)C1Cl. The number of hydrogen-bond donors (Lipinski definition) is 0. The number of hydrogen-bond acceptors (Lipinski definition) is 2. The van der Waals surface area contributed by atoms with Crippen molar-refractivity contribution < 1.29 is 8.42 Å². The van der Waals surface area contributed by atoms with Gasteiger partial charge in [0.25, 0.3) is 0 Å². The van der Waals surface area contributed by atoms with Crippen LogP contribution in [0.15, 0.2) is 24.3 Å². The molecule has 3 atom stereocenters. The van der Waals surface area contributed by atoms with Crippen molar-refractivity contribution in [1.29, 1.82) is 0 Å². The highest BCUT2D eigenvalue weighted by atomic mass is 35.5. The maximum atomic E-state index is 12.2. The van der Waals surface area contributed by atoms with E-state index in [-0.39, 0.29) is 16.6 Å². The van der Waals surface area contributed by atoms with Crippen LogP contribution in [0.25, 0.3) is 0 Å². The highest BCUT2D eigenvalue weighted by molar-refractivity contribution is 7.93. The van der Waals surface area contributed by atoms with Gasteiger partial charge in [0.1, 0.15) is 4.71 Å². The lowest BCUT2D eigenvalue weighted by atomic mass is 9.60. The molecule has 2 aliphatic carbocycles. The summed E-state index contributed by atoms with van der Waals surface area (Å²) < 4.78 is 23.7. The minimum atomic E-state index is -3.16. The van der Waals surface area contributed by atoms with Gasteiger partial charge in [-0.2, -0.15) is 0 Å². The van der Waals surface area contributed by atoms with Crippen LogP contribution in [-0.4, -0.2) is 18.9 Å². The van der Waals surface area contributed by atoms with Gasteiger partial charge in [-0.3, -0.25) is 0 Å². The molecule has 4 heteroatoms. The highest BCUT2D eigenvalue weighted by Crippen LogP contribution is 2.62. The highest BCUT2D eigenvalue weighted by Gasteiger charge is 2.64. The molecule has 0 bridgehead atoms. The summed E-state index contributed by atoms with van der Waals surface area (Å²) in [5.74, 6) is 0.231. The van der Waals surface area contributed by atoms with Crippen molar-refractivity contribution in [1.82, 2.24) is 0 Å². The number of sulfone groups is 1. The molecule has 0 N–H and O–H groups in total. The standard InChI is InChI=1S/C13H17ClO2S/c14-11-13-8-3-1-2-6-12(13,7-4-5-9-13)10-17(11,15)16/h4-5,7,9,11H,1-3,6,8,10H2. The maximum Gasteiger partial charge on any atom is 0.168 e. The fourth-order valence-corrected chi connectivity index (χ4v) is 6.93. The van der Waals surface area contributed by atoms with Gasteiger partial charge in [0.05, 0.1) is 5.75 Å². The quantitative estimate of drug-likeness (QED) is 0.635. The summed E-state index contributed by atoms with van der Waals surface area (Å²) in [5.41, 5.74) is -0.581. The van der Waals surface area contributed by atoms with Crippen LogP contribution in [0.5, 0.6) is 0 Å². The molecule has 1 aliphatic heterocycles. The van der Waals surface area contributed by atoms with E-state index in [2.05, 4.69) is 12.2 Å². The normalized spacial score (nSPS) is 47.2. The first-order chi connectivity index (χ1) is 8.03. The van der Waals surface area contributed by atoms with Gasteiger partial charge in [0.15, 0.2) is 9.84 Å². The molecule has 1 saturated heterocycles. The third-order valence-electron chi connectivity index (χ3n) is 4.74. The van der Waals surface area contributed by atoms with E-state index in [4.69, 9.17) is 11.6 Å². The van der Waals surface area contributed by atoms with Crippen molar-refractivity contribution in [2.45, 2.75) is 36.8 Å². The Morgan fingerprint density at radius 1 is 1.06 bits per heavy atom. The lowest BCUT2D eigenvalue weighted by Crippen LogP contribution is -2.41. The number of allylic oxidation sites excluding steroid dienone is 4. The lowest BCUT2D eigenvalue weighted by Gasteiger charge is -2.43. The van der Waals surface area contributed by atoms with E-state index >= 15 is 0 Å². The lowest BCUT2D eigenvalue weighted by molar-refractivity contribution is 0.181. The molecule has 0 radical (unpaired) electrons. The molecule has 3 unspecified atom stereocenters. The molecule has 3 rings (SSSR count). The Labute approximate surface area is 108 Å². The third kappa shape index (κ3) is 1.42. The van der Waals surface area contributed by atoms with Crippen molar-refractivity contribution in [3.05, 3.63) is 24.3 Å². The summed E-state index contributed by atoms with van der Waals surface area (Å²) in [7, 11) is -3.16. The molecule has 2 fully saturated rings. The first-order valence-corrected chi connectivity index (χ1v) is 8.40. The Morgan fingerprint density at radius 2 is 1.76 bits per heavy atom. The molecule has 1 heterocycles. The van der Waals surface area contributed by atoms with Gasteiger partial charge in [0.2, 0.25) is 0 Å². The fraction of sp³-hybridized carbons (Fsp3) is 0.692. The zero-order valence-electron chi connectivity index (χ0n) is 9.73. The van der Waals surface area contributed by atoms with Crippen LogP contribution in [0.4, 0.5) is 0 Å². The van der Waals surface area contributed by atoms with Gasteiger partial charge in [-0.25, -0.2) is 8.42 Å². The average Bonchev–Trinajstić information content (AvgIpc) is 2.43. The second kappa shape index (κ2) is 3.61. The Morgan fingerprint density at radius 3 is 2.59 bits per heavy atom. The summed E-state index contributed by atoms with van der Waals surface area (Å²) in [6.07, 6.45) is 13.4. The predicted molar refractivity (Wildman–Crippen MR) is 69.7 cm³/mol. The molecule has 1 saturated carbocycles. The molecule has 0 amide bonds. The summed E-state index contributed by atoms with van der Waals surface area (Å²) in [4.78, 5) is 0. The summed E-state index contributed by atoms with van der Waals surface area (Å²) in [6, 6.07) is 0. The first kappa shape index (κ1) is 11.8. The van der Waals surface area contributed by atoms with Crippen molar-refractivity contribution in [2.75, 3.05) is 5.75 Å². The van der Waals surface area contributed by atoms with Crippen molar-refractivity contribution in [3.63, 3.8) is 0 Å². The van der Waals surface area contributed by atoms with Crippen LogP contribution in [0.2, 0.25) is 0 Å². The van der Waals surface area contributed by atoms with Gasteiger partial charge >= 0.3 is 0 Å². The first-order valence-electron chi connectivity index (χ1n) is 6.25. The van der Waals surface area contributed by atoms with Gasteiger partial charge in [-0.05, 0) is 12.8 Å². The second-order valence-electron chi connectivity index (χ2n) is 5.60. The third-order valence-corrected chi connectivity index (χ3v) is 7.91. The predicted octanol–water partition coefficient (Wildman–Crippen LogP) is 3.04. The Kier molecular flexibility index (Phi) is 2.50. The fourth-order valence-electron chi connectivity index (χ4n) is 3.89. The van der Waals surface area contributed by atoms with Crippen LogP contribution >= 0.6 is 11.6 Å². The average molecular weight is 273 g/mol. The number of alkyl halides is 1. The van der Waals surface area contributed by atoms with Gasteiger partial charge in [-0.15, -0.1) is 11.6 Å². The summed E-state index contributed by atoms with van der Waals surface area (Å²) in [5, 5.41) is 0. The molecule has 0 spiro atoms. The van der Waals surface area contributed by atoms with E-state index in [0.29, 0.717) is 0 Å². The van der Waals surface area contributed by atoms with Gasteiger partial charge < -0.3 is 0 Å². The van der Waals surface area contributed by atoms with Crippen LogP contribution in [0.1, 0.15) is 32.1 Å². The van der Waals surface area contributed by atoms with Crippen LogP contribution < -0.4 is 0 Å². The van der Waals surface area contributed by atoms with Gasteiger partial charge in [-0.1, -0.05) is 43.6 Å². The molecule has 0 aromatic rings. The van der Waals surface area contributed by atoms with E-state index in [1.54, 1.807) is 0 Å². The van der Waals surface area contributed by atoms with E-state index in [1.807, 2.05) is 12.2 Å². The van der Waals surface area contributed by atoms with E-state index in [0.717, 1.165) is 25.7 Å².